The quantitative estimate of drug-likeness (QED) is 0.624. The second kappa shape index (κ2) is 7.47. The first-order valence-electron chi connectivity index (χ1n) is 9.41. The van der Waals surface area contributed by atoms with Crippen LogP contribution < -0.4 is 5.32 Å². The lowest BCUT2D eigenvalue weighted by atomic mass is 9.61. The SMILES string of the molecule is CC(C)(C)OC(=O)CNC(=O)C1C(=O)c2ccccc2C2(CCOCC2)C1=O. The first-order chi connectivity index (χ1) is 13.2. The van der Waals surface area contributed by atoms with Crippen LogP contribution in [0.25, 0.3) is 0 Å². The third kappa shape index (κ3) is 3.71. The average Bonchev–Trinajstić information content (AvgIpc) is 2.64. The molecule has 7 heteroatoms. The predicted octanol–water partition coefficient (Wildman–Crippen LogP) is 1.57. The van der Waals surface area contributed by atoms with E-state index >= 15 is 0 Å². The molecule has 1 aromatic carbocycles. The number of nitrogens with one attached hydrogen (secondary N) is 1. The Bertz CT molecular complexity index is 816. The van der Waals surface area contributed by atoms with Crippen molar-refractivity contribution in [2.75, 3.05) is 19.8 Å². The van der Waals surface area contributed by atoms with E-state index in [-0.39, 0.29) is 0 Å². The molecule has 3 rings (SSSR count). The summed E-state index contributed by atoms with van der Waals surface area (Å²) in [5.74, 6) is -3.80. The van der Waals surface area contributed by atoms with Crippen molar-refractivity contribution in [1.82, 2.24) is 5.32 Å². The molecule has 1 heterocycles. The first-order valence-corrected chi connectivity index (χ1v) is 9.41. The summed E-state index contributed by atoms with van der Waals surface area (Å²) in [5, 5.41) is 2.40. The number of ether oxygens (including phenoxy) is 2. The van der Waals surface area contributed by atoms with Gasteiger partial charge in [-0.1, -0.05) is 24.3 Å². The predicted molar refractivity (Wildman–Crippen MR) is 99.9 cm³/mol. The van der Waals surface area contributed by atoms with Gasteiger partial charge < -0.3 is 14.8 Å². The van der Waals surface area contributed by atoms with Crippen molar-refractivity contribution in [3.8, 4) is 0 Å². The van der Waals surface area contributed by atoms with E-state index in [4.69, 9.17) is 9.47 Å². The Morgan fingerprint density at radius 2 is 1.82 bits per heavy atom. The van der Waals surface area contributed by atoms with Crippen LogP contribution >= 0.6 is 0 Å². The molecular formula is C21H25NO6. The van der Waals surface area contributed by atoms with E-state index in [1.165, 1.54) is 0 Å². The van der Waals surface area contributed by atoms with Gasteiger partial charge in [-0.3, -0.25) is 19.2 Å². The minimum Gasteiger partial charge on any atom is -0.459 e. The molecule has 0 radical (unpaired) electrons. The van der Waals surface area contributed by atoms with Gasteiger partial charge in [-0.05, 0) is 39.2 Å². The molecular weight excluding hydrogens is 362 g/mol. The van der Waals surface area contributed by atoms with Crippen molar-refractivity contribution >= 4 is 23.4 Å². The lowest BCUT2D eigenvalue weighted by molar-refractivity contribution is -0.155. The van der Waals surface area contributed by atoms with Gasteiger partial charge in [0.1, 0.15) is 12.1 Å². The Balaban J connectivity index is 1.85. The van der Waals surface area contributed by atoms with Crippen LogP contribution in [0.4, 0.5) is 0 Å². The van der Waals surface area contributed by atoms with Crippen molar-refractivity contribution in [3.05, 3.63) is 35.4 Å². The van der Waals surface area contributed by atoms with Gasteiger partial charge in [0, 0.05) is 18.8 Å². The summed E-state index contributed by atoms with van der Waals surface area (Å²) in [7, 11) is 0. The highest BCUT2D eigenvalue weighted by atomic mass is 16.6. The molecule has 0 aromatic heterocycles. The van der Waals surface area contributed by atoms with Crippen LogP contribution in [0.2, 0.25) is 0 Å². The number of hydrogen-bond acceptors (Lipinski definition) is 6. The van der Waals surface area contributed by atoms with E-state index in [2.05, 4.69) is 5.32 Å². The van der Waals surface area contributed by atoms with Crippen LogP contribution in [0.1, 0.15) is 49.5 Å². The minimum absolute atomic E-state index is 0.389. The molecule has 1 aromatic rings. The Morgan fingerprint density at radius 3 is 2.46 bits per heavy atom. The van der Waals surface area contributed by atoms with Crippen molar-refractivity contribution in [3.63, 3.8) is 0 Å². The molecule has 2 aliphatic rings. The van der Waals surface area contributed by atoms with Crippen LogP contribution in [0.3, 0.4) is 0 Å². The van der Waals surface area contributed by atoms with Crippen LogP contribution in [-0.4, -0.2) is 48.8 Å². The van der Waals surface area contributed by atoms with Gasteiger partial charge in [0.05, 0.1) is 5.41 Å². The molecule has 1 amide bonds. The summed E-state index contributed by atoms with van der Waals surface area (Å²) in [5.41, 5.74) is -0.536. The van der Waals surface area contributed by atoms with Gasteiger partial charge in [0.25, 0.3) is 0 Å². The summed E-state index contributed by atoms with van der Waals surface area (Å²) in [6, 6.07) is 6.94. The van der Waals surface area contributed by atoms with Crippen molar-refractivity contribution in [2.24, 2.45) is 5.92 Å². The number of carbonyl (C=O) groups is 4. The fourth-order valence-corrected chi connectivity index (χ4v) is 3.91. The van der Waals surface area contributed by atoms with Crippen LogP contribution in [0.5, 0.6) is 0 Å². The summed E-state index contributed by atoms with van der Waals surface area (Å²) in [4.78, 5) is 50.9. The van der Waals surface area contributed by atoms with Gasteiger partial charge in [-0.15, -0.1) is 0 Å². The second-order valence-corrected chi connectivity index (χ2v) is 8.21. The van der Waals surface area contributed by atoms with Crippen molar-refractivity contribution < 1.29 is 28.7 Å². The number of Topliss-reactive ketones (excluding diaryl/α,β-unsaturated/α-hetero) is 2. The van der Waals surface area contributed by atoms with Crippen LogP contribution in [-0.2, 0) is 29.3 Å². The molecule has 1 spiro atoms. The first kappa shape index (κ1) is 20.2. The lowest BCUT2D eigenvalue weighted by Crippen LogP contribution is -2.55. The Hall–Kier alpha value is -2.54. The maximum atomic E-state index is 13.3. The molecule has 150 valence electrons. The number of ketones is 2. The van der Waals surface area contributed by atoms with Gasteiger partial charge in [0.2, 0.25) is 5.91 Å². The maximum Gasteiger partial charge on any atom is 0.325 e. The van der Waals surface area contributed by atoms with Crippen LogP contribution in [0, 0.1) is 5.92 Å². The monoisotopic (exact) mass is 387 g/mol. The van der Waals surface area contributed by atoms with Crippen molar-refractivity contribution in [1.29, 1.82) is 0 Å². The standard InChI is InChI=1S/C21H25NO6/c1-20(2,3)28-15(23)12-22-19(26)16-17(24)13-6-4-5-7-14(13)21(18(16)25)8-10-27-11-9-21/h4-7,16H,8-12H2,1-3H3,(H,22,26). The molecule has 1 fully saturated rings. The van der Waals surface area contributed by atoms with E-state index in [1.54, 1.807) is 45.0 Å². The molecule has 1 aliphatic carbocycles. The fourth-order valence-electron chi connectivity index (χ4n) is 3.91. The zero-order valence-corrected chi connectivity index (χ0v) is 16.4. The molecule has 1 N–H and O–H groups in total. The Morgan fingerprint density at radius 1 is 1.18 bits per heavy atom. The molecule has 1 unspecified atom stereocenters. The second-order valence-electron chi connectivity index (χ2n) is 8.21. The minimum atomic E-state index is -1.46. The van der Waals surface area contributed by atoms with Gasteiger partial charge in [-0.2, -0.15) is 0 Å². The number of hydrogen-bond donors (Lipinski definition) is 1. The Labute approximate surface area is 163 Å². The van der Waals surface area contributed by atoms with E-state index < -0.39 is 46.9 Å². The normalized spacial score (nSPS) is 21.2. The Kier molecular flexibility index (Phi) is 5.39. The van der Waals surface area contributed by atoms with E-state index in [0.717, 1.165) is 0 Å². The summed E-state index contributed by atoms with van der Waals surface area (Å²) < 4.78 is 10.6. The number of esters is 1. The van der Waals surface area contributed by atoms with E-state index in [1.807, 2.05) is 0 Å². The van der Waals surface area contributed by atoms with Crippen molar-refractivity contribution in [2.45, 2.75) is 44.6 Å². The highest BCUT2D eigenvalue weighted by molar-refractivity contribution is 6.29. The third-order valence-corrected chi connectivity index (χ3v) is 5.14. The number of carbonyl (C=O) groups excluding carboxylic acids is 4. The molecule has 1 aliphatic heterocycles. The van der Waals surface area contributed by atoms with Crippen LogP contribution in [0.15, 0.2) is 24.3 Å². The zero-order valence-electron chi connectivity index (χ0n) is 16.4. The number of rotatable bonds is 3. The average molecular weight is 387 g/mol. The highest BCUT2D eigenvalue weighted by Gasteiger charge is 2.54. The lowest BCUT2D eigenvalue weighted by Gasteiger charge is -2.42. The maximum absolute atomic E-state index is 13.3. The zero-order chi connectivity index (χ0) is 20.5. The number of amides is 1. The van der Waals surface area contributed by atoms with Gasteiger partial charge in [-0.25, -0.2) is 0 Å². The summed E-state index contributed by atoms with van der Waals surface area (Å²) in [6.07, 6.45) is 0.845. The smallest absolute Gasteiger partial charge is 0.325 e. The molecule has 1 saturated heterocycles. The van der Waals surface area contributed by atoms with Gasteiger partial charge >= 0.3 is 5.97 Å². The molecule has 7 nitrogen and oxygen atoms in total. The summed E-state index contributed by atoms with van der Waals surface area (Å²) in [6.45, 7) is 5.53. The molecule has 28 heavy (non-hydrogen) atoms. The van der Waals surface area contributed by atoms with Gasteiger partial charge in [0.15, 0.2) is 17.5 Å². The largest absolute Gasteiger partial charge is 0.459 e. The highest BCUT2D eigenvalue weighted by Crippen LogP contribution is 2.44. The number of benzene rings is 1. The summed E-state index contributed by atoms with van der Waals surface area (Å²) >= 11 is 0. The topological polar surface area (TPSA) is 98.8 Å². The molecule has 0 saturated carbocycles. The third-order valence-electron chi connectivity index (χ3n) is 5.14. The molecule has 0 bridgehead atoms. The van der Waals surface area contributed by atoms with E-state index in [0.29, 0.717) is 37.2 Å². The number of fused-ring (bicyclic) bond motifs is 2. The van der Waals surface area contributed by atoms with E-state index in [9.17, 15) is 19.2 Å². The molecule has 1 atom stereocenters. The fraction of sp³-hybridized carbons (Fsp3) is 0.524.